The first-order valence-corrected chi connectivity index (χ1v) is 8.19. The van der Waals surface area contributed by atoms with Crippen molar-refractivity contribution in [1.29, 1.82) is 0 Å². The second kappa shape index (κ2) is 5.17. The minimum atomic E-state index is -3.97. The first-order valence-electron chi connectivity index (χ1n) is 6.75. The molecule has 23 heavy (non-hydrogen) atoms. The number of hydrogen-bond donors (Lipinski definition) is 0. The summed E-state index contributed by atoms with van der Waals surface area (Å²) in [6, 6.07) is 9.32. The Labute approximate surface area is 132 Å². The SMILES string of the molecule is Cc1cc(S(=O)(=O)n2cnc3ccccc32)cc([N+](=O)[O-])c1C. The van der Waals surface area contributed by atoms with Gasteiger partial charge in [-0.3, -0.25) is 10.1 Å². The number of nitrogens with zero attached hydrogens (tertiary/aromatic N) is 3. The predicted octanol–water partition coefficient (Wildman–Crippen LogP) is 2.80. The standard InChI is InChI=1S/C15H13N3O4S/c1-10-7-12(8-15(11(10)2)18(19)20)23(21,22)17-9-16-13-5-3-4-6-14(13)17/h3-9H,1-2H3. The molecule has 0 radical (unpaired) electrons. The number of aromatic nitrogens is 2. The summed E-state index contributed by atoms with van der Waals surface area (Å²) >= 11 is 0. The van der Waals surface area contributed by atoms with E-state index in [1.165, 1.54) is 12.4 Å². The van der Waals surface area contributed by atoms with Crippen molar-refractivity contribution in [1.82, 2.24) is 8.96 Å². The van der Waals surface area contributed by atoms with Crippen molar-refractivity contribution in [3.05, 3.63) is 64.0 Å². The van der Waals surface area contributed by atoms with Crippen LogP contribution in [0.1, 0.15) is 11.1 Å². The summed E-state index contributed by atoms with van der Waals surface area (Å²) in [6.45, 7) is 3.24. The van der Waals surface area contributed by atoms with Crippen LogP contribution in [0.5, 0.6) is 0 Å². The second-order valence-electron chi connectivity index (χ2n) is 5.18. The van der Waals surface area contributed by atoms with Crippen molar-refractivity contribution < 1.29 is 13.3 Å². The van der Waals surface area contributed by atoms with E-state index in [0.29, 0.717) is 22.2 Å². The third-order valence-corrected chi connectivity index (χ3v) is 5.43. The van der Waals surface area contributed by atoms with Crippen molar-refractivity contribution in [2.75, 3.05) is 0 Å². The summed E-state index contributed by atoms with van der Waals surface area (Å²) in [6.07, 6.45) is 1.21. The lowest BCUT2D eigenvalue weighted by Gasteiger charge is -2.09. The Morgan fingerprint density at radius 3 is 2.57 bits per heavy atom. The van der Waals surface area contributed by atoms with Crippen LogP contribution in [0.3, 0.4) is 0 Å². The molecule has 3 aromatic rings. The number of benzene rings is 2. The maximum atomic E-state index is 12.8. The van der Waals surface area contributed by atoms with Crippen molar-refractivity contribution in [3.63, 3.8) is 0 Å². The summed E-state index contributed by atoms with van der Waals surface area (Å²) in [5.74, 6) is 0. The average Bonchev–Trinajstić information content (AvgIpc) is 2.94. The van der Waals surface area contributed by atoms with Gasteiger partial charge in [-0.15, -0.1) is 0 Å². The van der Waals surface area contributed by atoms with Gasteiger partial charge in [-0.1, -0.05) is 12.1 Å². The first kappa shape index (κ1) is 15.2. The minimum absolute atomic E-state index is 0.129. The summed E-state index contributed by atoms with van der Waals surface area (Å²) in [4.78, 5) is 14.5. The highest BCUT2D eigenvalue weighted by atomic mass is 32.2. The largest absolute Gasteiger partial charge is 0.273 e. The van der Waals surface area contributed by atoms with Crippen LogP contribution < -0.4 is 0 Å². The smallest absolute Gasteiger partial charge is 0.258 e. The molecule has 1 aromatic heterocycles. The lowest BCUT2D eigenvalue weighted by atomic mass is 10.1. The quantitative estimate of drug-likeness (QED) is 0.543. The van der Waals surface area contributed by atoms with Gasteiger partial charge < -0.3 is 0 Å². The number of imidazole rings is 1. The molecule has 0 aliphatic heterocycles. The van der Waals surface area contributed by atoms with Gasteiger partial charge in [-0.25, -0.2) is 17.4 Å². The molecule has 0 amide bonds. The molecule has 0 saturated carbocycles. The lowest BCUT2D eigenvalue weighted by Crippen LogP contribution is -2.13. The number of nitro benzene ring substituents is 1. The third kappa shape index (κ3) is 2.36. The van der Waals surface area contributed by atoms with Crippen LogP contribution in [-0.2, 0) is 10.0 Å². The number of hydrogen-bond acceptors (Lipinski definition) is 5. The van der Waals surface area contributed by atoms with Crippen LogP contribution in [-0.4, -0.2) is 22.3 Å². The number of aryl methyl sites for hydroxylation is 1. The topological polar surface area (TPSA) is 95.1 Å². The van der Waals surface area contributed by atoms with Crippen molar-refractivity contribution in [2.45, 2.75) is 18.7 Å². The average molecular weight is 331 g/mol. The normalized spacial score (nSPS) is 11.7. The van der Waals surface area contributed by atoms with E-state index in [4.69, 9.17) is 0 Å². The summed E-state index contributed by atoms with van der Waals surface area (Å²) in [5, 5.41) is 11.1. The molecule has 0 saturated heterocycles. The van der Waals surface area contributed by atoms with E-state index in [1.807, 2.05) is 0 Å². The van der Waals surface area contributed by atoms with E-state index in [1.54, 1.807) is 38.1 Å². The van der Waals surface area contributed by atoms with Crippen LogP contribution in [0.2, 0.25) is 0 Å². The Bertz CT molecular complexity index is 1040. The Hall–Kier alpha value is -2.74. The van der Waals surface area contributed by atoms with Gasteiger partial charge in [-0.05, 0) is 37.6 Å². The molecule has 7 nitrogen and oxygen atoms in total. The summed E-state index contributed by atoms with van der Waals surface area (Å²) in [5.41, 5.74) is 1.74. The molecule has 0 fully saturated rings. The Morgan fingerprint density at radius 2 is 1.87 bits per heavy atom. The van der Waals surface area contributed by atoms with Crippen molar-refractivity contribution in [3.8, 4) is 0 Å². The van der Waals surface area contributed by atoms with Crippen LogP contribution >= 0.6 is 0 Å². The van der Waals surface area contributed by atoms with Crippen LogP contribution in [0.25, 0.3) is 11.0 Å². The number of nitro groups is 1. The molecule has 1 heterocycles. The molecule has 0 aliphatic carbocycles. The Morgan fingerprint density at radius 1 is 1.17 bits per heavy atom. The molecular formula is C15H13N3O4S. The molecule has 0 aliphatic rings. The molecule has 3 rings (SSSR count). The molecule has 118 valence electrons. The molecule has 2 aromatic carbocycles. The van der Waals surface area contributed by atoms with Gasteiger partial charge in [0, 0.05) is 11.6 Å². The Balaban J connectivity index is 2.27. The number of fused-ring (bicyclic) bond motifs is 1. The fraction of sp³-hybridized carbons (Fsp3) is 0.133. The number of para-hydroxylation sites is 2. The van der Waals surface area contributed by atoms with Gasteiger partial charge in [0.05, 0.1) is 20.9 Å². The fourth-order valence-corrected chi connectivity index (χ4v) is 3.79. The van der Waals surface area contributed by atoms with E-state index in [0.717, 1.165) is 10.0 Å². The Kier molecular flexibility index (Phi) is 3.41. The zero-order valence-electron chi connectivity index (χ0n) is 12.4. The molecule has 0 atom stereocenters. The van der Waals surface area contributed by atoms with E-state index >= 15 is 0 Å². The maximum absolute atomic E-state index is 12.8. The van der Waals surface area contributed by atoms with Crippen LogP contribution in [0.4, 0.5) is 5.69 Å². The van der Waals surface area contributed by atoms with Gasteiger partial charge in [0.25, 0.3) is 15.7 Å². The highest BCUT2D eigenvalue weighted by Gasteiger charge is 2.24. The zero-order chi connectivity index (χ0) is 16.8. The van der Waals surface area contributed by atoms with E-state index in [-0.39, 0.29) is 10.6 Å². The molecular weight excluding hydrogens is 318 g/mol. The molecule has 0 unspecified atom stereocenters. The fourth-order valence-electron chi connectivity index (χ4n) is 2.39. The van der Waals surface area contributed by atoms with Crippen LogP contribution in [0, 0.1) is 24.0 Å². The highest BCUT2D eigenvalue weighted by Crippen LogP contribution is 2.28. The molecule has 0 spiro atoms. The molecule has 0 N–H and O–H groups in total. The van der Waals surface area contributed by atoms with Crippen molar-refractivity contribution in [2.24, 2.45) is 0 Å². The molecule has 0 bridgehead atoms. The second-order valence-corrected chi connectivity index (χ2v) is 6.99. The lowest BCUT2D eigenvalue weighted by molar-refractivity contribution is -0.385. The molecule has 8 heteroatoms. The van der Waals surface area contributed by atoms with Gasteiger partial charge in [0.1, 0.15) is 6.33 Å². The summed E-state index contributed by atoms with van der Waals surface area (Å²) in [7, 11) is -3.97. The highest BCUT2D eigenvalue weighted by molar-refractivity contribution is 7.90. The minimum Gasteiger partial charge on any atom is -0.258 e. The van der Waals surface area contributed by atoms with E-state index < -0.39 is 14.9 Å². The van der Waals surface area contributed by atoms with Gasteiger partial charge in [0.15, 0.2) is 0 Å². The van der Waals surface area contributed by atoms with Crippen LogP contribution in [0.15, 0.2) is 47.6 Å². The maximum Gasteiger partial charge on any atom is 0.273 e. The van der Waals surface area contributed by atoms with E-state index in [2.05, 4.69) is 4.98 Å². The van der Waals surface area contributed by atoms with Gasteiger partial charge >= 0.3 is 0 Å². The monoisotopic (exact) mass is 331 g/mol. The van der Waals surface area contributed by atoms with Gasteiger partial charge in [-0.2, -0.15) is 0 Å². The first-order chi connectivity index (χ1) is 10.8. The van der Waals surface area contributed by atoms with Crippen molar-refractivity contribution >= 4 is 26.7 Å². The third-order valence-electron chi connectivity index (χ3n) is 3.79. The zero-order valence-corrected chi connectivity index (χ0v) is 13.2. The van der Waals surface area contributed by atoms with Gasteiger partial charge in [0.2, 0.25) is 0 Å². The number of rotatable bonds is 3. The summed E-state index contributed by atoms with van der Waals surface area (Å²) < 4.78 is 26.7. The van der Waals surface area contributed by atoms with E-state index in [9.17, 15) is 18.5 Å². The predicted molar refractivity (Wildman–Crippen MR) is 84.9 cm³/mol.